The number of nitrogens with two attached hydrogens (primary N) is 1. The van der Waals surface area contributed by atoms with E-state index in [4.69, 9.17) is 10.5 Å². The number of thioether (sulfide) groups is 1. The fourth-order valence-electron chi connectivity index (χ4n) is 2.13. The number of fused-ring (bicyclic) bond motifs is 1. The van der Waals surface area contributed by atoms with Gasteiger partial charge in [-0.05, 0) is 31.2 Å². The highest BCUT2D eigenvalue weighted by atomic mass is 32.2. The fraction of sp³-hybridized carbons (Fsp3) is 0.200. The summed E-state index contributed by atoms with van der Waals surface area (Å²) < 4.78 is 5.31. The number of ether oxygens (including phenoxy) is 1. The smallest absolute Gasteiger partial charge is 0.166 e. The van der Waals surface area contributed by atoms with Crippen LogP contribution in [0, 0.1) is 6.92 Å². The van der Waals surface area contributed by atoms with E-state index in [0.29, 0.717) is 0 Å². The van der Waals surface area contributed by atoms with Crippen molar-refractivity contribution in [1.29, 1.82) is 0 Å². The maximum absolute atomic E-state index is 5.77. The first kappa shape index (κ1) is 13.8. The number of rotatable bonds is 4. The van der Waals surface area contributed by atoms with E-state index in [0.717, 1.165) is 44.6 Å². The van der Waals surface area contributed by atoms with Crippen LogP contribution in [0.5, 0.6) is 5.75 Å². The molecule has 0 saturated heterocycles. The van der Waals surface area contributed by atoms with Crippen LogP contribution < -0.4 is 10.5 Å². The standard InChI is InChI=1S/C15H16N4OS/c1-9-13(17-6-5-14(9)20-2)8-21-15-18-11-4-3-10(16)7-12(11)19-15/h3-7H,8,16H2,1-2H3,(H,18,19). The van der Waals surface area contributed by atoms with E-state index < -0.39 is 0 Å². The molecule has 21 heavy (non-hydrogen) atoms. The van der Waals surface area contributed by atoms with Gasteiger partial charge in [-0.1, -0.05) is 11.8 Å². The molecule has 0 aliphatic rings. The first-order chi connectivity index (χ1) is 10.2. The van der Waals surface area contributed by atoms with E-state index in [1.807, 2.05) is 31.2 Å². The zero-order chi connectivity index (χ0) is 14.8. The first-order valence-corrected chi connectivity index (χ1v) is 7.52. The maximum atomic E-state index is 5.77. The Kier molecular flexibility index (Phi) is 3.70. The Bertz CT molecular complexity index is 784. The van der Waals surface area contributed by atoms with E-state index in [1.54, 1.807) is 25.1 Å². The highest BCUT2D eigenvalue weighted by Gasteiger charge is 2.08. The molecule has 0 aliphatic heterocycles. The largest absolute Gasteiger partial charge is 0.496 e. The first-order valence-electron chi connectivity index (χ1n) is 6.54. The van der Waals surface area contributed by atoms with Gasteiger partial charge in [-0.15, -0.1) is 0 Å². The number of anilines is 1. The lowest BCUT2D eigenvalue weighted by atomic mass is 10.2. The average Bonchev–Trinajstić information content (AvgIpc) is 2.88. The summed E-state index contributed by atoms with van der Waals surface area (Å²) in [5.74, 6) is 1.59. The number of pyridine rings is 1. The number of imidazole rings is 1. The van der Waals surface area contributed by atoms with E-state index in [1.165, 1.54) is 0 Å². The Balaban J connectivity index is 1.80. The third-order valence-corrected chi connectivity index (χ3v) is 4.19. The van der Waals surface area contributed by atoms with Crippen molar-refractivity contribution in [1.82, 2.24) is 15.0 Å². The summed E-state index contributed by atoms with van der Waals surface area (Å²) in [6, 6.07) is 7.53. The average molecular weight is 300 g/mol. The molecule has 108 valence electrons. The zero-order valence-corrected chi connectivity index (χ0v) is 12.7. The number of aromatic nitrogens is 3. The molecule has 0 saturated carbocycles. The predicted octanol–water partition coefficient (Wildman–Crippen LogP) is 3.15. The van der Waals surface area contributed by atoms with Gasteiger partial charge in [0.15, 0.2) is 5.16 Å². The van der Waals surface area contributed by atoms with Crippen LogP contribution in [0.25, 0.3) is 11.0 Å². The van der Waals surface area contributed by atoms with Gasteiger partial charge in [-0.2, -0.15) is 0 Å². The Hall–Kier alpha value is -2.21. The van der Waals surface area contributed by atoms with Crippen molar-refractivity contribution in [3.05, 3.63) is 41.7 Å². The quantitative estimate of drug-likeness (QED) is 0.572. The predicted molar refractivity (Wildman–Crippen MR) is 85.6 cm³/mol. The lowest BCUT2D eigenvalue weighted by molar-refractivity contribution is 0.410. The van der Waals surface area contributed by atoms with Crippen LogP contribution in [-0.4, -0.2) is 22.1 Å². The molecule has 0 atom stereocenters. The van der Waals surface area contributed by atoms with Gasteiger partial charge in [0.2, 0.25) is 0 Å². The highest BCUT2D eigenvalue weighted by molar-refractivity contribution is 7.98. The van der Waals surface area contributed by atoms with Crippen molar-refractivity contribution < 1.29 is 4.74 Å². The number of aromatic amines is 1. The van der Waals surface area contributed by atoms with E-state index in [2.05, 4.69) is 15.0 Å². The molecule has 0 bridgehead atoms. The summed E-state index contributed by atoms with van der Waals surface area (Å²) in [5.41, 5.74) is 10.4. The summed E-state index contributed by atoms with van der Waals surface area (Å²) in [5, 5.41) is 0.861. The van der Waals surface area contributed by atoms with Crippen LogP contribution in [0.2, 0.25) is 0 Å². The molecule has 3 rings (SSSR count). The number of nitrogens with one attached hydrogen (secondary N) is 1. The third-order valence-electron chi connectivity index (χ3n) is 3.31. The molecular formula is C15H16N4OS. The summed E-state index contributed by atoms with van der Waals surface area (Å²) in [6.45, 7) is 2.01. The molecule has 3 aromatic rings. The summed E-state index contributed by atoms with van der Waals surface area (Å²) in [6.07, 6.45) is 1.76. The summed E-state index contributed by atoms with van der Waals surface area (Å²) >= 11 is 1.61. The van der Waals surface area contributed by atoms with E-state index >= 15 is 0 Å². The van der Waals surface area contributed by atoms with Crippen LogP contribution in [0.15, 0.2) is 35.6 Å². The molecule has 0 unspecified atom stereocenters. The van der Waals surface area contributed by atoms with Crippen LogP contribution in [0.3, 0.4) is 0 Å². The van der Waals surface area contributed by atoms with Gasteiger partial charge in [0.05, 0.1) is 23.8 Å². The minimum Gasteiger partial charge on any atom is -0.496 e. The summed E-state index contributed by atoms with van der Waals surface area (Å²) in [7, 11) is 1.67. The highest BCUT2D eigenvalue weighted by Crippen LogP contribution is 2.27. The lowest BCUT2D eigenvalue weighted by Gasteiger charge is -2.08. The second-order valence-electron chi connectivity index (χ2n) is 4.69. The minimum atomic E-state index is 0.730. The monoisotopic (exact) mass is 300 g/mol. The number of hydrogen-bond donors (Lipinski definition) is 2. The van der Waals surface area contributed by atoms with E-state index in [-0.39, 0.29) is 0 Å². The molecule has 6 heteroatoms. The molecule has 0 amide bonds. The molecule has 5 nitrogen and oxygen atoms in total. The van der Waals surface area contributed by atoms with Crippen molar-refractivity contribution >= 4 is 28.5 Å². The zero-order valence-electron chi connectivity index (χ0n) is 11.9. The van der Waals surface area contributed by atoms with Crippen LogP contribution >= 0.6 is 11.8 Å². The number of benzene rings is 1. The number of methoxy groups -OCH3 is 1. The van der Waals surface area contributed by atoms with Gasteiger partial charge in [-0.3, -0.25) is 4.98 Å². The summed E-state index contributed by atoms with van der Waals surface area (Å²) in [4.78, 5) is 12.2. The molecule has 0 fully saturated rings. The van der Waals surface area contributed by atoms with Gasteiger partial charge in [-0.25, -0.2) is 4.98 Å². The number of nitrogen functional groups attached to an aromatic ring is 1. The van der Waals surface area contributed by atoms with Crippen molar-refractivity contribution in [2.24, 2.45) is 0 Å². The van der Waals surface area contributed by atoms with Crippen molar-refractivity contribution in [2.75, 3.05) is 12.8 Å². The van der Waals surface area contributed by atoms with Crippen molar-refractivity contribution in [3.8, 4) is 5.75 Å². The minimum absolute atomic E-state index is 0.730. The van der Waals surface area contributed by atoms with Gasteiger partial charge in [0.1, 0.15) is 5.75 Å². The number of hydrogen-bond acceptors (Lipinski definition) is 5. The Morgan fingerprint density at radius 3 is 3.00 bits per heavy atom. The van der Waals surface area contributed by atoms with Gasteiger partial charge >= 0.3 is 0 Å². The Morgan fingerprint density at radius 2 is 2.19 bits per heavy atom. The second kappa shape index (κ2) is 5.65. The molecule has 3 N–H and O–H groups in total. The van der Waals surface area contributed by atoms with Gasteiger partial charge < -0.3 is 15.5 Å². The molecular weight excluding hydrogens is 284 g/mol. The van der Waals surface area contributed by atoms with Crippen molar-refractivity contribution in [3.63, 3.8) is 0 Å². The second-order valence-corrected chi connectivity index (χ2v) is 5.66. The number of H-pyrrole nitrogens is 1. The van der Waals surface area contributed by atoms with E-state index in [9.17, 15) is 0 Å². The van der Waals surface area contributed by atoms with Gasteiger partial charge in [0, 0.05) is 23.2 Å². The normalized spacial score (nSPS) is 11.0. The molecule has 0 radical (unpaired) electrons. The van der Waals surface area contributed by atoms with Crippen molar-refractivity contribution in [2.45, 2.75) is 17.8 Å². The van der Waals surface area contributed by atoms with Crippen LogP contribution in [-0.2, 0) is 5.75 Å². The molecule has 0 aliphatic carbocycles. The van der Waals surface area contributed by atoms with Crippen LogP contribution in [0.4, 0.5) is 5.69 Å². The SMILES string of the molecule is COc1ccnc(CSc2nc3ccc(N)cc3[nH]2)c1C. The molecule has 1 aromatic carbocycles. The molecule has 2 aromatic heterocycles. The van der Waals surface area contributed by atoms with Gasteiger partial charge in [0.25, 0.3) is 0 Å². The fourth-order valence-corrected chi connectivity index (χ4v) is 3.04. The molecule has 0 spiro atoms. The third kappa shape index (κ3) is 2.80. The maximum Gasteiger partial charge on any atom is 0.166 e. The number of nitrogens with zero attached hydrogens (tertiary/aromatic N) is 2. The Morgan fingerprint density at radius 1 is 1.33 bits per heavy atom. The Labute approximate surface area is 126 Å². The molecule has 2 heterocycles. The lowest BCUT2D eigenvalue weighted by Crippen LogP contribution is -1.95. The topological polar surface area (TPSA) is 76.8 Å². The van der Waals surface area contributed by atoms with Crippen LogP contribution in [0.1, 0.15) is 11.3 Å².